The van der Waals surface area contributed by atoms with Gasteiger partial charge in [-0.05, 0) is 55.5 Å². The lowest BCUT2D eigenvalue weighted by molar-refractivity contribution is -0.153. The summed E-state index contributed by atoms with van der Waals surface area (Å²) in [7, 11) is 0. The summed E-state index contributed by atoms with van der Waals surface area (Å²) in [6.07, 6.45) is 5.37. The van der Waals surface area contributed by atoms with Crippen LogP contribution in [0.2, 0.25) is 0 Å². The summed E-state index contributed by atoms with van der Waals surface area (Å²) in [5.41, 5.74) is 1.86. The molecule has 2 unspecified atom stereocenters. The van der Waals surface area contributed by atoms with E-state index in [1.54, 1.807) is 6.20 Å². The number of carbonyl (C=O) groups excluding carboxylic acids is 1. The van der Waals surface area contributed by atoms with E-state index in [1.165, 1.54) is 6.92 Å². The van der Waals surface area contributed by atoms with Crippen LogP contribution >= 0.6 is 0 Å². The molecule has 5 heteroatoms. The van der Waals surface area contributed by atoms with Gasteiger partial charge >= 0.3 is 5.97 Å². The highest BCUT2D eigenvalue weighted by Crippen LogP contribution is 2.28. The van der Waals surface area contributed by atoms with Gasteiger partial charge in [0.25, 0.3) is 0 Å². The molecule has 0 bridgehead atoms. The zero-order valence-corrected chi connectivity index (χ0v) is 16.5. The van der Waals surface area contributed by atoms with Crippen LogP contribution in [0.1, 0.15) is 38.2 Å². The third kappa shape index (κ3) is 4.86. The van der Waals surface area contributed by atoms with E-state index in [0.717, 1.165) is 53.6 Å². The Balaban J connectivity index is 1.44. The summed E-state index contributed by atoms with van der Waals surface area (Å²) in [5, 5.41) is 1.05. The van der Waals surface area contributed by atoms with Crippen molar-refractivity contribution in [3.8, 4) is 11.5 Å². The Kier molecular flexibility index (Phi) is 5.94. The SMILES string of the molecule is CC(=O)OC1CCCCC1Oc1cccc(COc2cccc3cccnc23)c1. The maximum absolute atomic E-state index is 11.4. The number of carbonyl (C=O) groups is 1. The number of rotatable bonds is 6. The van der Waals surface area contributed by atoms with Crippen LogP contribution in [-0.2, 0) is 16.1 Å². The van der Waals surface area contributed by atoms with E-state index in [-0.39, 0.29) is 18.2 Å². The fourth-order valence-electron chi connectivity index (χ4n) is 3.78. The second kappa shape index (κ2) is 8.95. The third-order valence-corrected chi connectivity index (χ3v) is 5.14. The number of ether oxygens (including phenoxy) is 3. The van der Waals surface area contributed by atoms with Crippen molar-refractivity contribution in [2.45, 2.75) is 51.4 Å². The van der Waals surface area contributed by atoms with Gasteiger partial charge in [0.15, 0.2) is 0 Å². The van der Waals surface area contributed by atoms with Crippen molar-refractivity contribution in [3.05, 3.63) is 66.4 Å². The minimum Gasteiger partial charge on any atom is -0.487 e. The van der Waals surface area contributed by atoms with E-state index in [9.17, 15) is 4.79 Å². The number of benzene rings is 2. The Morgan fingerprint density at radius 3 is 2.69 bits per heavy atom. The first-order valence-corrected chi connectivity index (χ1v) is 10.1. The van der Waals surface area contributed by atoms with E-state index in [1.807, 2.05) is 54.6 Å². The number of fused-ring (bicyclic) bond motifs is 1. The number of aromatic nitrogens is 1. The molecule has 0 spiro atoms. The molecule has 0 radical (unpaired) electrons. The molecule has 4 rings (SSSR count). The van der Waals surface area contributed by atoms with Crippen LogP contribution in [0.15, 0.2) is 60.8 Å². The molecule has 150 valence electrons. The van der Waals surface area contributed by atoms with Crippen LogP contribution < -0.4 is 9.47 Å². The maximum atomic E-state index is 11.4. The summed E-state index contributed by atoms with van der Waals surface area (Å²) >= 11 is 0. The van der Waals surface area contributed by atoms with Crippen LogP contribution in [-0.4, -0.2) is 23.2 Å². The van der Waals surface area contributed by atoms with Crippen LogP contribution in [0.4, 0.5) is 0 Å². The van der Waals surface area contributed by atoms with Gasteiger partial charge in [-0.25, -0.2) is 0 Å². The summed E-state index contributed by atoms with van der Waals surface area (Å²) in [5.74, 6) is 1.28. The Morgan fingerprint density at radius 2 is 1.83 bits per heavy atom. The van der Waals surface area contributed by atoms with Crippen molar-refractivity contribution >= 4 is 16.9 Å². The molecule has 1 aromatic heterocycles. The number of nitrogens with zero attached hydrogens (tertiary/aromatic N) is 1. The van der Waals surface area contributed by atoms with E-state index >= 15 is 0 Å². The average molecular weight is 391 g/mol. The normalized spacial score (nSPS) is 18.9. The molecule has 3 aromatic rings. The first-order chi connectivity index (χ1) is 14.2. The lowest BCUT2D eigenvalue weighted by atomic mass is 9.94. The number of hydrogen-bond donors (Lipinski definition) is 0. The highest BCUT2D eigenvalue weighted by atomic mass is 16.6. The topological polar surface area (TPSA) is 57.7 Å². The molecule has 0 N–H and O–H groups in total. The smallest absolute Gasteiger partial charge is 0.303 e. The Labute approximate surface area is 170 Å². The molecule has 2 aromatic carbocycles. The van der Waals surface area contributed by atoms with Gasteiger partial charge in [-0.3, -0.25) is 9.78 Å². The zero-order chi connectivity index (χ0) is 20.1. The molecule has 2 atom stereocenters. The molecule has 5 nitrogen and oxygen atoms in total. The van der Waals surface area contributed by atoms with Crippen LogP contribution in [0.3, 0.4) is 0 Å². The standard InChI is InChI=1S/C24H25NO4/c1-17(26)28-21-11-2-3-12-22(21)29-20-10-4-7-18(15-20)16-27-23-13-5-8-19-9-6-14-25-24(19)23/h4-10,13-15,21-22H,2-3,11-12,16H2,1H3. The monoisotopic (exact) mass is 391 g/mol. The fourth-order valence-corrected chi connectivity index (χ4v) is 3.78. The van der Waals surface area contributed by atoms with Gasteiger partial charge in [0.05, 0.1) is 0 Å². The maximum Gasteiger partial charge on any atom is 0.303 e. The first-order valence-electron chi connectivity index (χ1n) is 10.1. The quantitative estimate of drug-likeness (QED) is 0.549. The predicted molar refractivity (Wildman–Crippen MR) is 111 cm³/mol. The molecule has 1 heterocycles. The Bertz CT molecular complexity index is 982. The molecule has 1 saturated carbocycles. The van der Waals surface area contributed by atoms with Gasteiger partial charge in [0.1, 0.15) is 35.8 Å². The minimum atomic E-state index is -0.253. The summed E-state index contributed by atoms with van der Waals surface area (Å²) in [4.78, 5) is 15.8. The second-order valence-electron chi connectivity index (χ2n) is 7.36. The van der Waals surface area contributed by atoms with E-state index < -0.39 is 0 Å². The number of hydrogen-bond acceptors (Lipinski definition) is 5. The van der Waals surface area contributed by atoms with Crippen LogP contribution in [0, 0.1) is 0 Å². The molecule has 0 aliphatic heterocycles. The number of esters is 1. The minimum absolute atomic E-state index is 0.105. The molecular weight excluding hydrogens is 366 g/mol. The Morgan fingerprint density at radius 1 is 1.03 bits per heavy atom. The number of para-hydroxylation sites is 1. The van der Waals surface area contributed by atoms with Gasteiger partial charge in [-0.15, -0.1) is 0 Å². The lowest BCUT2D eigenvalue weighted by Crippen LogP contribution is -2.38. The average Bonchev–Trinajstić information content (AvgIpc) is 2.73. The Hall–Kier alpha value is -3.08. The van der Waals surface area contributed by atoms with E-state index in [4.69, 9.17) is 14.2 Å². The molecule has 0 saturated heterocycles. The van der Waals surface area contributed by atoms with Crippen molar-refractivity contribution in [1.29, 1.82) is 0 Å². The fraction of sp³-hybridized carbons (Fsp3) is 0.333. The highest BCUT2D eigenvalue weighted by Gasteiger charge is 2.29. The predicted octanol–water partition coefficient (Wildman–Crippen LogP) is 5.07. The number of pyridine rings is 1. The highest BCUT2D eigenvalue weighted by molar-refractivity contribution is 5.84. The molecular formula is C24H25NO4. The van der Waals surface area contributed by atoms with Gasteiger partial charge in [0.2, 0.25) is 0 Å². The van der Waals surface area contributed by atoms with Crippen LogP contribution in [0.5, 0.6) is 11.5 Å². The largest absolute Gasteiger partial charge is 0.487 e. The van der Waals surface area contributed by atoms with Gasteiger partial charge < -0.3 is 14.2 Å². The zero-order valence-electron chi connectivity index (χ0n) is 16.5. The first kappa shape index (κ1) is 19.2. The summed E-state index contributed by atoms with van der Waals surface area (Å²) < 4.78 is 17.7. The van der Waals surface area contributed by atoms with Crippen molar-refractivity contribution in [1.82, 2.24) is 4.98 Å². The lowest BCUT2D eigenvalue weighted by Gasteiger charge is -2.31. The third-order valence-electron chi connectivity index (χ3n) is 5.14. The van der Waals surface area contributed by atoms with Crippen molar-refractivity contribution < 1.29 is 19.0 Å². The van der Waals surface area contributed by atoms with Gasteiger partial charge in [-0.2, -0.15) is 0 Å². The van der Waals surface area contributed by atoms with E-state index in [2.05, 4.69) is 4.98 Å². The molecule has 29 heavy (non-hydrogen) atoms. The molecule has 1 aliphatic carbocycles. The van der Waals surface area contributed by atoms with Gasteiger partial charge in [-0.1, -0.05) is 30.3 Å². The van der Waals surface area contributed by atoms with Crippen molar-refractivity contribution in [2.24, 2.45) is 0 Å². The summed E-state index contributed by atoms with van der Waals surface area (Å²) in [6.45, 7) is 1.87. The molecule has 0 amide bonds. The second-order valence-corrected chi connectivity index (χ2v) is 7.36. The van der Waals surface area contributed by atoms with E-state index in [0.29, 0.717) is 6.61 Å². The molecule has 1 aliphatic rings. The summed E-state index contributed by atoms with van der Waals surface area (Å²) in [6, 6.07) is 17.7. The van der Waals surface area contributed by atoms with Crippen molar-refractivity contribution in [3.63, 3.8) is 0 Å². The molecule has 1 fully saturated rings. The van der Waals surface area contributed by atoms with Crippen LogP contribution in [0.25, 0.3) is 10.9 Å². The van der Waals surface area contributed by atoms with Crippen molar-refractivity contribution in [2.75, 3.05) is 0 Å². The van der Waals surface area contributed by atoms with Gasteiger partial charge in [0, 0.05) is 18.5 Å².